The first kappa shape index (κ1) is 13.1. The smallest absolute Gasteiger partial charge is 0.126 e. The van der Waals surface area contributed by atoms with E-state index in [1.165, 1.54) is 25.1 Å². The van der Waals surface area contributed by atoms with Crippen LogP contribution in [0.1, 0.15) is 51.4 Å². The summed E-state index contributed by atoms with van der Waals surface area (Å²) >= 11 is 0. The lowest BCUT2D eigenvalue weighted by atomic mass is 9.83. The predicted molar refractivity (Wildman–Crippen MR) is 74.9 cm³/mol. The zero-order chi connectivity index (χ0) is 13.2. The third-order valence-electron chi connectivity index (χ3n) is 4.56. The van der Waals surface area contributed by atoms with E-state index in [-0.39, 0.29) is 0 Å². The van der Waals surface area contributed by atoms with E-state index in [0.29, 0.717) is 24.2 Å². The highest BCUT2D eigenvalue weighted by Crippen LogP contribution is 2.44. The monoisotopic (exact) mass is 263 g/mol. The fraction of sp³-hybridized carbons (Fsp3) is 0.800. The third-order valence-corrected chi connectivity index (χ3v) is 4.56. The molecule has 2 aliphatic rings. The van der Waals surface area contributed by atoms with Crippen molar-refractivity contribution in [3.05, 3.63) is 18.2 Å². The molecule has 0 aliphatic carbocycles. The molecule has 1 N–H and O–H groups in total. The number of nitrogens with zero attached hydrogens (tertiary/aromatic N) is 2. The van der Waals surface area contributed by atoms with Gasteiger partial charge in [-0.05, 0) is 39.2 Å². The highest BCUT2D eigenvalue weighted by atomic mass is 16.5. The van der Waals surface area contributed by atoms with Crippen molar-refractivity contribution in [2.45, 2.75) is 64.3 Å². The van der Waals surface area contributed by atoms with Crippen LogP contribution in [-0.2, 0) is 11.3 Å². The van der Waals surface area contributed by atoms with Crippen molar-refractivity contribution in [2.75, 3.05) is 6.54 Å². The standard InChI is InChI=1S/C15H25N3O/c1-3-7-16-14(15-17-8-9-18(15)4-2)12-10-11-5-6-13(12)19-11/h8-9,11-14,16H,3-7,10H2,1-2H3. The van der Waals surface area contributed by atoms with Crippen molar-refractivity contribution >= 4 is 0 Å². The minimum absolute atomic E-state index is 0.352. The molecule has 0 amide bonds. The first-order valence-corrected chi connectivity index (χ1v) is 7.73. The Labute approximate surface area is 115 Å². The fourth-order valence-electron chi connectivity index (χ4n) is 3.63. The molecule has 3 heterocycles. The number of aryl methyl sites for hydroxylation is 1. The average molecular weight is 263 g/mol. The van der Waals surface area contributed by atoms with Gasteiger partial charge in [-0.25, -0.2) is 4.98 Å². The molecule has 2 aliphatic heterocycles. The van der Waals surface area contributed by atoms with Crippen LogP contribution in [0.25, 0.3) is 0 Å². The lowest BCUT2D eigenvalue weighted by Gasteiger charge is -2.29. The zero-order valence-electron chi connectivity index (χ0n) is 12.0. The van der Waals surface area contributed by atoms with Gasteiger partial charge in [0.2, 0.25) is 0 Å². The summed E-state index contributed by atoms with van der Waals surface area (Å²) in [7, 11) is 0. The minimum atomic E-state index is 0.352. The Morgan fingerprint density at radius 3 is 3.00 bits per heavy atom. The number of rotatable bonds is 6. The van der Waals surface area contributed by atoms with Crippen LogP contribution in [-0.4, -0.2) is 28.3 Å². The van der Waals surface area contributed by atoms with Crippen molar-refractivity contribution in [1.29, 1.82) is 0 Å². The number of ether oxygens (including phenoxy) is 1. The summed E-state index contributed by atoms with van der Waals surface area (Å²) in [5.74, 6) is 1.79. The molecule has 4 unspecified atom stereocenters. The molecule has 106 valence electrons. The van der Waals surface area contributed by atoms with Gasteiger partial charge in [-0.3, -0.25) is 0 Å². The molecule has 1 aromatic rings. The Morgan fingerprint density at radius 1 is 1.47 bits per heavy atom. The molecule has 4 heteroatoms. The van der Waals surface area contributed by atoms with Gasteiger partial charge in [0.25, 0.3) is 0 Å². The van der Waals surface area contributed by atoms with Crippen LogP contribution in [0.2, 0.25) is 0 Å². The summed E-state index contributed by atoms with van der Waals surface area (Å²) in [4.78, 5) is 4.61. The SMILES string of the molecule is CCCNC(c1nccn1CC)C1CC2CCC1O2. The van der Waals surface area contributed by atoms with Crippen LogP contribution < -0.4 is 5.32 Å². The minimum Gasteiger partial charge on any atom is -0.375 e. The normalized spacial score (nSPS) is 30.9. The first-order chi connectivity index (χ1) is 9.33. The third kappa shape index (κ3) is 2.43. The predicted octanol–water partition coefficient (Wildman–Crippen LogP) is 2.51. The Kier molecular flexibility index (Phi) is 3.89. The van der Waals surface area contributed by atoms with E-state index >= 15 is 0 Å². The summed E-state index contributed by atoms with van der Waals surface area (Å²) in [6.45, 7) is 6.43. The second kappa shape index (κ2) is 5.63. The molecule has 0 radical (unpaired) electrons. The van der Waals surface area contributed by atoms with Crippen LogP contribution in [0.15, 0.2) is 12.4 Å². The topological polar surface area (TPSA) is 39.1 Å². The van der Waals surface area contributed by atoms with E-state index in [1.807, 2.05) is 6.20 Å². The molecule has 1 aromatic heterocycles. The zero-order valence-corrected chi connectivity index (χ0v) is 12.0. The van der Waals surface area contributed by atoms with E-state index < -0.39 is 0 Å². The Hall–Kier alpha value is -0.870. The van der Waals surface area contributed by atoms with Crippen LogP contribution in [0, 0.1) is 5.92 Å². The van der Waals surface area contributed by atoms with E-state index in [4.69, 9.17) is 4.74 Å². The molecule has 4 atom stereocenters. The number of hydrogen-bond acceptors (Lipinski definition) is 3. The fourth-order valence-corrected chi connectivity index (χ4v) is 3.63. The highest BCUT2D eigenvalue weighted by molar-refractivity contribution is 5.06. The van der Waals surface area contributed by atoms with Crippen molar-refractivity contribution in [1.82, 2.24) is 14.9 Å². The lowest BCUT2D eigenvalue weighted by molar-refractivity contribution is 0.0846. The highest BCUT2D eigenvalue weighted by Gasteiger charge is 2.45. The summed E-state index contributed by atoms with van der Waals surface area (Å²) < 4.78 is 8.30. The van der Waals surface area contributed by atoms with Crippen molar-refractivity contribution in [3.63, 3.8) is 0 Å². The summed E-state index contributed by atoms with van der Waals surface area (Å²) in [5.41, 5.74) is 0. The molecule has 3 rings (SSSR count). The molecular weight excluding hydrogens is 238 g/mol. The molecule has 0 aromatic carbocycles. The van der Waals surface area contributed by atoms with Crippen LogP contribution >= 0.6 is 0 Å². The van der Waals surface area contributed by atoms with E-state index in [2.05, 4.69) is 34.9 Å². The number of nitrogens with one attached hydrogen (secondary N) is 1. The molecule has 0 spiro atoms. The second-order valence-electron chi connectivity index (χ2n) is 5.78. The summed E-state index contributed by atoms with van der Waals surface area (Å²) in [6.07, 6.45) is 9.80. The van der Waals surface area contributed by atoms with Crippen LogP contribution in [0.3, 0.4) is 0 Å². The van der Waals surface area contributed by atoms with Crippen molar-refractivity contribution in [2.24, 2.45) is 5.92 Å². The van der Waals surface area contributed by atoms with Crippen molar-refractivity contribution < 1.29 is 4.74 Å². The Balaban J connectivity index is 1.81. The quantitative estimate of drug-likeness (QED) is 0.857. The number of fused-ring (bicyclic) bond motifs is 2. The first-order valence-electron chi connectivity index (χ1n) is 7.73. The van der Waals surface area contributed by atoms with Gasteiger partial charge in [-0.1, -0.05) is 6.92 Å². The van der Waals surface area contributed by atoms with Crippen LogP contribution in [0.5, 0.6) is 0 Å². The average Bonchev–Trinajstić information content (AvgIpc) is 3.15. The van der Waals surface area contributed by atoms with Gasteiger partial charge in [-0.15, -0.1) is 0 Å². The molecule has 2 fully saturated rings. The van der Waals surface area contributed by atoms with E-state index in [1.54, 1.807) is 0 Å². The molecule has 0 saturated carbocycles. The van der Waals surface area contributed by atoms with Gasteiger partial charge in [0, 0.05) is 24.9 Å². The lowest BCUT2D eigenvalue weighted by Crippen LogP contribution is -2.36. The second-order valence-corrected chi connectivity index (χ2v) is 5.78. The molecular formula is C15H25N3O. The van der Waals surface area contributed by atoms with Crippen molar-refractivity contribution in [3.8, 4) is 0 Å². The number of aromatic nitrogens is 2. The molecule has 4 nitrogen and oxygen atoms in total. The summed E-state index contributed by atoms with van der Waals surface area (Å²) in [6, 6.07) is 0.352. The summed E-state index contributed by atoms with van der Waals surface area (Å²) in [5, 5.41) is 3.71. The van der Waals surface area contributed by atoms with Gasteiger partial charge in [0.1, 0.15) is 5.82 Å². The molecule has 2 saturated heterocycles. The molecule has 19 heavy (non-hydrogen) atoms. The van der Waals surface area contributed by atoms with E-state index in [0.717, 1.165) is 19.5 Å². The Bertz CT molecular complexity index is 417. The number of hydrogen-bond donors (Lipinski definition) is 1. The van der Waals surface area contributed by atoms with E-state index in [9.17, 15) is 0 Å². The largest absolute Gasteiger partial charge is 0.375 e. The Morgan fingerprint density at radius 2 is 2.37 bits per heavy atom. The van der Waals surface area contributed by atoms with Gasteiger partial charge < -0.3 is 14.6 Å². The van der Waals surface area contributed by atoms with Gasteiger partial charge in [0.05, 0.1) is 18.2 Å². The maximum atomic E-state index is 6.04. The molecule has 2 bridgehead atoms. The van der Waals surface area contributed by atoms with Gasteiger partial charge in [-0.2, -0.15) is 0 Å². The van der Waals surface area contributed by atoms with Gasteiger partial charge >= 0.3 is 0 Å². The van der Waals surface area contributed by atoms with Gasteiger partial charge in [0.15, 0.2) is 0 Å². The number of imidazole rings is 1. The van der Waals surface area contributed by atoms with Crippen LogP contribution in [0.4, 0.5) is 0 Å². The maximum Gasteiger partial charge on any atom is 0.126 e. The maximum absolute atomic E-state index is 6.04.